The number of rotatable bonds is 4. The van der Waals surface area contributed by atoms with Crippen LogP contribution in [0.1, 0.15) is 41.6 Å². The molecule has 0 saturated heterocycles. The number of hydrogen-bond acceptors (Lipinski definition) is 3. The molecular weight excluding hydrogens is 252 g/mol. The van der Waals surface area contributed by atoms with Gasteiger partial charge < -0.3 is 15.4 Å². The zero-order chi connectivity index (χ0) is 14.5. The van der Waals surface area contributed by atoms with E-state index in [2.05, 4.69) is 10.6 Å². The van der Waals surface area contributed by atoms with Crippen molar-refractivity contribution in [2.24, 2.45) is 0 Å². The number of anilines is 1. The molecule has 0 radical (unpaired) electrons. The van der Waals surface area contributed by atoms with Gasteiger partial charge in [-0.25, -0.2) is 0 Å². The topological polar surface area (TPSA) is 50.4 Å². The van der Waals surface area contributed by atoms with Crippen molar-refractivity contribution in [1.29, 1.82) is 0 Å². The molecule has 2 rings (SSSR count). The van der Waals surface area contributed by atoms with Gasteiger partial charge in [0.05, 0.1) is 12.1 Å². The van der Waals surface area contributed by atoms with Crippen LogP contribution in [0, 0.1) is 6.92 Å². The number of benzene rings is 1. The Hall–Kier alpha value is -1.55. The maximum atomic E-state index is 11.6. The monoisotopic (exact) mass is 276 g/mol. The number of carbonyl (C=O) groups excluding carboxylic acids is 1. The van der Waals surface area contributed by atoms with Gasteiger partial charge in [0.2, 0.25) is 0 Å². The molecule has 110 valence electrons. The summed E-state index contributed by atoms with van der Waals surface area (Å²) >= 11 is 0. The van der Waals surface area contributed by atoms with Crippen molar-refractivity contribution in [3.63, 3.8) is 0 Å². The molecule has 4 heteroatoms. The van der Waals surface area contributed by atoms with E-state index in [9.17, 15) is 4.79 Å². The van der Waals surface area contributed by atoms with Crippen molar-refractivity contribution in [3.05, 3.63) is 29.3 Å². The van der Waals surface area contributed by atoms with Crippen LogP contribution in [0.4, 0.5) is 5.69 Å². The number of nitrogens with one attached hydrogen (secondary N) is 2. The second-order valence-electron chi connectivity index (χ2n) is 5.42. The second-order valence-corrected chi connectivity index (χ2v) is 5.42. The molecule has 1 aromatic rings. The van der Waals surface area contributed by atoms with Gasteiger partial charge in [-0.3, -0.25) is 4.79 Å². The van der Waals surface area contributed by atoms with Crippen molar-refractivity contribution in [2.75, 3.05) is 19.5 Å². The van der Waals surface area contributed by atoms with Crippen LogP contribution in [0.5, 0.6) is 0 Å². The minimum Gasteiger partial charge on any atom is -0.379 e. The Morgan fingerprint density at radius 2 is 2.05 bits per heavy atom. The molecule has 0 heterocycles. The number of amides is 1. The van der Waals surface area contributed by atoms with Crippen LogP contribution < -0.4 is 10.6 Å². The third-order valence-corrected chi connectivity index (χ3v) is 4.06. The van der Waals surface area contributed by atoms with Gasteiger partial charge in [0, 0.05) is 25.4 Å². The highest BCUT2D eigenvalue weighted by Crippen LogP contribution is 2.26. The maximum absolute atomic E-state index is 11.6. The standard InChI is InChI=1S/C16H24N2O2/c1-11-10-12(16(19)17-2)8-9-13(11)18-14-6-4-5-7-15(14)20-3/h8-10,14-15,18H,4-7H2,1-3H3,(H,17,19). The Balaban J connectivity index is 2.11. The molecule has 2 atom stereocenters. The Bertz CT molecular complexity index is 474. The minimum absolute atomic E-state index is 0.0490. The highest BCUT2D eigenvalue weighted by molar-refractivity contribution is 5.94. The predicted octanol–water partition coefficient (Wildman–Crippen LogP) is 2.72. The summed E-state index contributed by atoms with van der Waals surface area (Å²) in [5, 5.41) is 6.22. The largest absolute Gasteiger partial charge is 0.379 e. The third-order valence-electron chi connectivity index (χ3n) is 4.06. The smallest absolute Gasteiger partial charge is 0.251 e. The lowest BCUT2D eigenvalue weighted by Gasteiger charge is -2.32. The summed E-state index contributed by atoms with van der Waals surface area (Å²) in [6.07, 6.45) is 5.01. The number of aryl methyl sites for hydroxylation is 1. The SMILES string of the molecule is CNC(=O)c1ccc(NC2CCCCC2OC)c(C)c1. The fraction of sp³-hybridized carbons (Fsp3) is 0.562. The predicted molar refractivity (Wildman–Crippen MR) is 81.2 cm³/mol. The Labute approximate surface area is 120 Å². The van der Waals surface area contributed by atoms with Crippen LogP contribution in [0.25, 0.3) is 0 Å². The highest BCUT2D eigenvalue weighted by atomic mass is 16.5. The number of methoxy groups -OCH3 is 1. The van der Waals surface area contributed by atoms with Crippen LogP contribution in [-0.4, -0.2) is 32.2 Å². The van der Waals surface area contributed by atoms with Crippen LogP contribution in [-0.2, 0) is 4.74 Å². The zero-order valence-electron chi connectivity index (χ0n) is 12.5. The van der Waals surface area contributed by atoms with Gasteiger partial charge in [0.25, 0.3) is 5.91 Å². The Morgan fingerprint density at radius 3 is 2.70 bits per heavy atom. The molecule has 0 bridgehead atoms. The second kappa shape index (κ2) is 6.75. The molecule has 1 aromatic carbocycles. The van der Waals surface area contributed by atoms with Crippen molar-refractivity contribution in [2.45, 2.75) is 44.8 Å². The molecule has 1 fully saturated rings. The summed E-state index contributed by atoms with van der Waals surface area (Å²) < 4.78 is 5.57. The fourth-order valence-electron chi connectivity index (χ4n) is 2.86. The van der Waals surface area contributed by atoms with Gasteiger partial charge in [0.15, 0.2) is 0 Å². The normalized spacial score (nSPS) is 22.4. The molecule has 1 aliphatic rings. The first-order valence-electron chi connectivity index (χ1n) is 7.27. The van der Waals surface area contributed by atoms with Gasteiger partial charge >= 0.3 is 0 Å². The first kappa shape index (κ1) is 14.9. The lowest BCUT2D eigenvalue weighted by molar-refractivity contribution is 0.0606. The van der Waals surface area contributed by atoms with E-state index in [0.29, 0.717) is 11.6 Å². The van der Waals surface area contributed by atoms with E-state index in [1.54, 1.807) is 14.2 Å². The van der Waals surface area contributed by atoms with Gasteiger partial charge in [-0.2, -0.15) is 0 Å². The molecule has 1 saturated carbocycles. The van der Waals surface area contributed by atoms with E-state index >= 15 is 0 Å². The summed E-state index contributed by atoms with van der Waals surface area (Å²) in [5.41, 5.74) is 2.88. The molecule has 0 spiro atoms. The van der Waals surface area contributed by atoms with Crippen LogP contribution in [0.2, 0.25) is 0 Å². The Morgan fingerprint density at radius 1 is 1.30 bits per heavy atom. The average molecular weight is 276 g/mol. The quantitative estimate of drug-likeness (QED) is 0.889. The molecular formula is C16H24N2O2. The summed E-state index contributed by atoms with van der Waals surface area (Å²) in [6.45, 7) is 2.03. The average Bonchev–Trinajstić information content (AvgIpc) is 2.49. The van der Waals surface area contributed by atoms with E-state index < -0.39 is 0 Å². The van der Waals surface area contributed by atoms with Gasteiger partial charge in [-0.1, -0.05) is 12.8 Å². The zero-order valence-corrected chi connectivity index (χ0v) is 12.5. The van der Waals surface area contributed by atoms with Gasteiger partial charge in [0.1, 0.15) is 0 Å². The number of carbonyl (C=O) groups is 1. The first-order valence-corrected chi connectivity index (χ1v) is 7.27. The molecule has 0 aliphatic heterocycles. The summed E-state index contributed by atoms with van der Waals surface area (Å²) in [7, 11) is 3.43. The maximum Gasteiger partial charge on any atom is 0.251 e. The van der Waals surface area contributed by atoms with E-state index in [1.807, 2.05) is 25.1 Å². The summed E-state index contributed by atoms with van der Waals surface area (Å²) in [4.78, 5) is 11.6. The van der Waals surface area contributed by atoms with Gasteiger partial charge in [-0.05, 0) is 43.5 Å². The van der Waals surface area contributed by atoms with E-state index in [-0.39, 0.29) is 12.0 Å². The molecule has 0 aromatic heterocycles. The summed E-state index contributed by atoms with van der Waals surface area (Å²) in [5.74, 6) is -0.0490. The lowest BCUT2D eigenvalue weighted by atomic mass is 9.92. The Kier molecular flexibility index (Phi) is 5.01. The molecule has 2 N–H and O–H groups in total. The minimum atomic E-state index is -0.0490. The molecule has 20 heavy (non-hydrogen) atoms. The fourth-order valence-corrected chi connectivity index (χ4v) is 2.86. The third kappa shape index (κ3) is 3.31. The van der Waals surface area contributed by atoms with Gasteiger partial charge in [-0.15, -0.1) is 0 Å². The number of ether oxygens (including phenoxy) is 1. The molecule has 2 unspecified atom stereocenters. The molecule has 4 nitrogen and oxygen atoms in total. The van der Waals surface area contributed by atoms with Crippen molar-refractivity contribution in [1.82, 2.24) is 5.32 Å². The van der Waals surface area contributed by atoms with Crippen molar-refractivity contribution < 1.29 is 9.53 Å². The van der Waals surface area contributed by atoms with E-state index in [0.717, 1.165) is 24.1 Å². The molecule has 1 amide bonds. The molecule has 1 aliphatic carbocycles. The first-order chi connectivity index (χ1) is 9.65. The van der Waals surface area contributed by atoms with Crippen molar-refractivity contribution in [3.8, 4) is 0 Å². The van der Waals surface area contributed by atoms with Crippen LogP contribution in [0.15, 0.2) is 18.2 Å². The van der Waals surface area contributed by atoms with Crippen LogP contribution >= 0.6 is 0 Å². The summed E-state index contributed by atoms with van der Waals surface area (Å²) in [6, 6.07) is 6.13. The van der Waals surface area contributed by atoms with Crippen LogP contribution in [0.3, 0.4) is 0 Å². The highest BCUT2D eigenvalue weighted by Gasteiger charge is 2.25. The van der Waals surface area contributed by atoms with E-state index in [1.165, 1.54) is 12.8 Å². The van der Waals surface area contributed by atoms with Crippen molar-refractivity contribution >= 4 is 11.6 Å². The number of hydrogen-bond donors (Lipinski definition) is 2. The lowest BCUT2D eigenvalue weighted by Crippen LogP contribution is -2.37. The van der Waals surface area contributed by atoms with E-state index in [4.69, 9.17) is 4.74 Å².